The fourth-order valence-electron chi connectivity index (χ4n) is 2.35. The van der Waals surface area contributed by atoms with Gasteiger partial charge in [0.1, 0.15) is 11.6 Å². The lowest BCUT2D eigenvalue weighted by molar-refractivity contribution is -0.120. The molecule has 0 amide bonds. The number of rotatable bonds is 4. The SMILES string of the molecule is Cc1nn(CC(=O)[C@H](C#N)c2nc3ccccc3s2)c(C)c1Cl. The van der Waals surface area contributed by atoms with Gasteiger partial charge in [0.25, 0.3) is 0 Å². The molecule has 0 fully saturated rings. The van der Waals surface area contributed by atoms with Gasteiger partial charge < -0.3 is 0 Å². The topological polar surface area (TPSA) is 71.6 Å². The zero-order valence-corrected chi connectivity index (χ0v) is 14.1. The van der Waals surface area contributed by atoms with Crippen LogP contribution < -0.4 is 0 Å². The summed E-state index contributed by atoms with van der Waals surface area (Å²) in [5.41, 5.74) is 2.19. The Balaban J connectivity index is 1.89. The Labute approximate surface area is 142 Å². The van der Waals surface area contributed by atoms with Crippen molar-refractivity contribution in [1.29, 1.82) is 5.26 Å². The quantitative estimate of drug-likeness (QED) is 0.724. The normalized spacial score (nSPS) is 12.3. The van der Waals surface area contributed by atoms with Crippen LogP contribution in [0.1, 0.15) is 22.3 Å². The van der Waals surface area contributed by atoms with E-state index in [1.165, 1.54) is 16.0 Å². The lowest BCUT2D eigenvalue weighted by atomic mass is 10.1. The molecule has 0 unspecified atom stereocenters. The molecule has 0 N–H and O–H groups in total. The van der Waals surface area contributed by atoms with E-state index in [-0.39, 0.29) is 12.3 Å². The van der Waals surface area contributed by atoms with Crippen LogP contribution in [0.4, 0.5) is 0 Å². The van der Waals surface area contributed by atoms with Crippen molar-refractivity contribution >= 4 is 38.9 Å². The fraction of sp³-hybridized carbons (Fsp3) is 0.250. The van der Waals surface area contributed by atoms with Gasteiger partial charge in [0.15, 0.2) is 11.7 Å². The van der Waals surface area contributed by atoms with Gasteiger partial charge in [-0.15, -0.1) is 11.3 Å². The Hall–Kier alpha value is -2.23. The third-order valence-corrected chi connectivity index (χ3v) is 5.26. The number of thiazole rings is 1. The van der Waals surface area contributed by atoms with Gasteiger partial charge in [0.05, 0.1) is 32.7 Å². The minimum atomic E-state index is -0.893. The Bertz CT molecular complexity index is 904. The predicted molar refractivity (Wildman–Crippen MR) is 89.7 cm³/mol. The number of ketones is 1. The monoisotopic (exact) mass is 344 g/mol. The second kappa shape index (κ2) is 6.11. The van der Waals surface area contributed by atoms with Crippen LogP contribution in [0.3, 0.4) is 0 Å². The van der Waals surface area contributed by atoms with Crippen molar-refractivity contribution < 1.29 is 4.79 Å². The highest BCUT2D eigenvalue weighted by atomic mass is 35.5. The number of carbonyl (C=O) groups excluding carboxylic acids is 1. The van der Waals surface area contributed by atoms with Gasteiger partial charge in [0.2, 0.25) is 0 Å². The molecule has 0 radical (unpaired) electrons. The van der Waals surface area contributed by atoms with Gasteiger partial charge in [-0.1, -0.05) is 23.7 Å². The third kappa shape index (κ3) is 2.85. The molecule has 0 bridgehead atoms. The number of aromatic nitrogens is 3. The number of hydrogen-bond acceptors (Lipinski definition) is 5. The van der Waals surface area contributed by atoms with Crippen molar-refractivity contribution in [3.05, 3.63) is 45.7 Å². The smallest absolute Gasteiger partial charge is 0.178 e. The summed E-state index contributed by atoms with van der Waals surface area (Å²) in [7, 11) is 0. The fourth-order valence-corrected chi connectivity index (χ4v) is 3.52. The summed E-state index contributed by atoms with van der Waals surface area (Å²) in [6, 6.07) is 9.65. The maximum atomic E-state index is 12.5. The Kier molecular flexibility index (Phi) is 4.16. The molecule has 7 heteroatoms. The molecule has 3 aromatic rings. The summed E-state index contributed by atoms with van der Waals surface area (Å²) in [4.78, 5) is 16.9. The first-order valence-electron chi connectivity index (χ1n) is 6.98. The van der Waals surface area contributed by atoms with Crippen LogP contribution in [0.25, 0.3) is 10.2 Å². The van der Waals surface area contributed by atoms with Crippen LogP contribution in [0.2, 0.25) is 5.02 Å². The lowest BCUT2D eigenvalue weighted by Crippen LogP contribution is -2.19. The van der Waals surface area contributed by atoms with E-state index < -0.39 is 5.92 Å². The zero-order chi connectivity index (χ0) is 16.6. The molecule has 0 saturated carbocycles. The van der Waals surface area contributed by atoms with E-state index in [0.29, 0.717) is 15.7 Å². The highest BCUT2D eigenvalue weighted by Gasteiger charge is 2.25. The summed E-state index contributed by atoms with van der Waals surface area (Å²) in [5, 5.41) is 14.7. The number of nitrogens with zero attached hydrogens (tertiary/aromatic N) is 4. The molecular formula is C16H13ClN4OS. The van der Waals surface area contributed by atoms with Crippen LogP contribution in [0.15, 0.2) is 24.3 Å². The number of aryl methyl sites for hydroxylation is 1. The number of fused-ring (bicyclic) bond motifs is 1. The molecule has 1 atom stereocenters. The molecule has 2 heterocycles. The average molecular weight is 345 g/mol. The van der Waals surface area contributed by atoms with Crippen molar-refractivity contribution in [2.45, 2.75) is 26.3 Å². The van der Waals surface area contributed by atoms with Crippen molar-refractivity contribution in [3.8, 4) is 6.07 Å². The van der Waals surface area contributed by atoms with E-state index in [1.807, 2.05) is 24.3 Å². The second-order valence-corrected chi connectivity index (χ2v) is 6.63. The van der Waals surface area contributed by atoms with E-state index in [9.17, 15) is 10.1 Å². The second-order valence-electron chi connectivity index (χ2n) is 5.19. The van der Waals surface area contributed by atoms with Gasteiger partial charge >= 0.3 is 0 Å². The standard InChI is InChI=1S/C16H13ClN4OS/c1-9-15(17)10(2)21(20-9)8-13(22)11(7-18)16-19-12-5-3-4-6-14(12)23-16/h3-6,11H,8H2,1-2H3/t11-/m0/s1. The van der Waals surface area contributed by atoms with Crippen LogP contribution >= 0.6 is 22.9 Å². The van der Waals surface area contributed by atoms with E-state index >= 15 is 0 Å². The molecule has 0 saturated heterocycles. The molecule has 3 rings (SSSR count). The molecule has 0 aliphatic carbocycles. The minimum absolute atomic E-state index is 0.00749. The molecular weight excluding hydrogens is 332 g/mol. The van der Waals surface area contributed by atoms with Crippen molar-refractivity contribution in [2.24, 2.45) is 0 Å². The van der Waals surface area contributed by atoms with E-state index in [2.05, 4.69) is 16.2 Å². The van der Waals surface area contributed by atoms with E-state index in [4.69, 9.17) is 11.6 Å². The Morgan fingerprint density at radius 1 is 1.43 bits per heavy atom. The van der Waals surface area contributed by atoms with Crippen molar-refractivity contribution in [3.63, 3.8) is 0 Å². The maximum Gasteiger partial charge on any atom is 0.178 e. The van der Waals surface area contributed by atoms with Crippen LogP contribution in [0.5, 0.6) is 0 Å². The first kappa shape index (κ1) is 15.7. The lowest BCUT2D eigenvalue weighted by Gasteiger charge is -2.06. The minimum Gasteiger partial charge on any atom is -0.296 e. The van der Waals surface area contributed by atoms with E-state index in [1.54, 1.807) is 13.8 Å². The van der Waals surface area contributed by atoms with Gasteiger partial charge in [0, 0.05) is 0 Å². The summed E-state index contributed by atoms with van der Waals surface area (Å²) in [6.45, 7) is 3.59. The van der Waals surface area contributed by atoms with Crippen LogP contribution in [0, 0.1) is 25.2 Å². The highest BCUT2D eigenvalue weighted by molar-refractivity contribution is 7.18. The van der Waals surface area contributed by atoms with E-state index in [0.717, 1.165) is 15.9 Å². The largest absolute Gasteiger partial charge is 0.296 e. The number of carbonyl (C=O) groups is 1. The third-order valence-electron chi connectivity index (χ3n) is 3.61. The number of hydrogen-bond donors (Lipinski definition) is 0. The molecule has 0 spiro atoms. The first-order valence-corrected chi connectivity index (χ1v) is 8.18. The van der Waals surface area contributed by atoms with Crippen LogP contribution in [-0.4, -0.2) is 20.5 Å². The van der Waals surface area contributed by atoms with Gasteiger partial charge in [-0.2, -0.15) is 10.4 Å². The summed E-state index contributed by atoms with van der Waals surface area (Å²) >= 11 is 7.47. The number of benzene rings is 1. The molecule has 0 aliphatic rings. The maximum absolute atomic E-state index is 12.5. The highest BCUT2D eigenvalue weighted by Crippen LogP contribution is 2.28. The zero-order valence-electron chi connectivity index (χ0n) is 12.6. The number of para-hydroxylation sites is 1. The predicted octanol–water partition coefficient (Wildman–Crippen LogP) is 3.64. The molecule has 116 valence electrons. The van der Waals surface area contributed by atoms with Crippen molar-refractivity contribution in [1.82, 2.24) is 14.8 Å². The van der Waals surface area contributed by atoms with Gasteiger partial charge in [-0.3, -0.25) is 9.48 Å². The number of halogens is 1. The molecule has 0 aliphatic heterocycles. The molecule has 1 aromatic carbocycles. The number of Topliss-reactive ketones (excluding diaryl/α,β-unsaturated/α-hetero) is 1. The number of nitriles is 1. The van der Waals surface area contributed by atoms with Crippen LogP contribution in [-0.2, 0) is 11.3 Å². The molecule has 2 aromatic heterocycles. The summed E-state index contributed by atoms with van der Waals surface area (Å²) < 4.78 is 2.50. The summed E-state index contributed by atoms with van der Waals surface area (Å²) in [6.07, 6.45) is 0. The average Bonchev–Trinajstić information content (AvgIpc) is 3.05. The summed E-state index contributed by atoms with van der Waals surface area (Å²) in [5.74, 6) is -1.14. The Morgan fingerprint density at radius 2 is 2.17 bits per heavy atom. The Morgan fingerprint density at radius 3 is 2.78 bits per heavy atom. The molecule has 23 heavy (non-hydrogen) atoms. The first-order chi connectivity index (χ1) is 11.0. The molecule has 5 nitrogen and oxygen atoms in total. The van der Waals surface area contributed by atoms with Gasteiger partial charge in [-0.25, -0.2) is 4.98 Å². The van der Waals surface area contributed by atoms with Gasteiger partial charge in [-0.05, 0) is 26.0 Å². The van der Waals surface area contributed by atoms with Crippen molar-refractivity contribution in [2.75, 3.05) is 0 Å².